The third-order valence-electron chi connectivity index (χ3n) is 5.96. The Balaban J connectivity index is 1.36. The number of thioether (sulfide) groups is 1. The van der Waals surface area contributed by atoms with Crippen LogP contribution in [-0.4, -0.2) is 40.3 Å². The molecular formula is C27H30ClN3OS. The summed E-state index contributed by atoms with van der Waals surface area (Å²) in [6.45, 7) is 6.00. The predicted octanol–water partition coefficient (Wildman–Crippen LogP) is 5.96. The van der Waals surface area contributed by atoms with Gasteiger partial charge in [0.05, 0.1) is 5.02 Å². The highest BCUT2D eigenvalue weighted by atomic mass is 35.5. The summed E-state index contributed by atoms with van der Waals surface area (Å²) in [6.07, 6.45) is 2.21. The lowest BCUT2D eigenvalue weighted by molar-refractivity contribution is 0.0929. The van der Waals surface area contributed by atoms with Crippen molar-refractivity contribution in [2.24, 2.45) is 5.92 Å². The first-order chi connectivity index (χ1) is 16.1. The van der Waals surface area contributed by atoms with Gasteiger partial charge in [-0.15, -0.1) is 0 Å². The molecule has 172 valence electrons. The number of nitrogens with one attached hydrogen (secondary N) is 1. The molecule has 1 aromatic heterocycles. The maximum Gasteiger partial charge on any atom is 0.168 e. The average Bonchev–Trinajstić information content (AvgIpc) is 2.85. The second kappa shape index (κ2) is 11.7. The number of benzene rings is 2. The highest BCUT2D eigenvalue weighted by Crippen LogP contribution is 2.22. The Morgan fingerprint density at radius 2 is 1.79 bits per heavy atom. The highest BCUT2D eigenvalue weighted by Gasteiger charge is 2.19. The Bertz CT molecular complexity index is 1050. The molecule has 33 heavy (non-hydrogen) atoms. The Hall–Kier alpha value is -2.34. The molecule has 6 heteroatoms. The quantitative estimate of drug-likeness (QED) is 0.384. The van der Waals surface area contributed by atoms with Gasteiger partial charge in [0.1, 0.15) is 0 Å². The van der Waals surface area contributed by atoms with E-state index in [4.69, 9.17) is 11.6 Å². The van der Waals surface area contributed by atoms with Crippen LogP contribution >= 0.6 is 23.4 Å². The minimum atomic E-state index is -0.172. The number of nitrogens with zero attached hydrogens (tertiary/aromatic N) is 2. The van der Waals surface area contributed by atoms with Gasteiger partial charge in [-0.1, -0.05) is 54.9 Å². The minimum Gasteiger partial charge on any atom is -0.380 e. The number of anilines is 1. The number of carbonyl (C=O) groups is 1. The molecule has 1 atom stereocenters. The number of Topliss-reactive ketones (excluding diaryl/α,β-unsaturated/α-hetero) is 1. The fourth-order valence-corrected chi connectivity index (χ4v) is 5.12. The lowest BCUT2D eigenvalue weighted by atomic mass is 9.93. The van der Waals surface area contributed by atoms with Gasteiger partial charge in [-0.3, -0.25) is 14.7 Å². The molecule has 1 N–H and O–H groups in total. The molecule has 1 saturated heterocycles. The Labute approximate surface area is 205 Å². The summed E-state index contributed by atoms with van der Waals surface area (Å²) in [5, 5.41) is 4.07. The van der Waals surface area contributed by atoms with Crippen LogP contribution in [-0.2, 0) is 19.5 Å². The average molecular weight is 480 g/mol. The topological polar surface area (TPSA) is 45.2 Å². The zero-order valence-electron chi connectivity index (χ0n) is 19.0. The zero-order chi connectivity index (χ0) is 23.0. The summed E-state index contributed by atoms with van der Waals surface area (Å²) in [5.41, 5.74) is 5.01. The van der Waals surface area contributed by atoms with Crippen LogP contribution in [0, 0.1) is 5.92 Å². The monoisotopic (exact) mass is 479 g/mol. The molecule has 0 bridgehead atoms. The SMILES string of the molecule is CC(Cc1ccc(Cl)cn1)C(=O)c1ccccc1NCc1ccc(CN2CCSCC2)cc1. The van der Waals surface area contributed by atoms with Gasteiger partial charge in [0.25, 0.3) is 0 Å². The Morgan fingerprint density at radius 3 is 2.52 bits per heavy atom. The fraction of sp³-hybridized carbons (Fsp3) is 0.333. The van der Waals surface area contributed by atoms with Gasteiger partial charge in [0, 0.05) is 66.7 Å². The number of pyridine rings is 1. The van der Waals surface area contributed by atoms with E-state index in [2.05, 4.69) is 39.5 Å². The Kier molecular flexibility index (Phi) is 8.43. The molecule has 2 aromatic carbocycles. The molecule has 0 spiro atoms. The fourth-order valence-electron chi connectivity index (χ4n) is 4.03. The van der Waals surface area contributed by atoms with Crippen LogP contribution in [0.2, 0.25) is 5.02 Å². The van der Waals surface area contributed by atoms with Crippen LogP contribution in [0.25, 0.3) is 0 Å². The van der Waals surface area contributed by atoms with E-state index in [1.807, 2.05) is 55.1 Å². The predicted molar refractivity (Wildman–Crippen MR) is 139 cm³/mol. The van der Waals surface area contributed by atoms with E-state index in [1.165, 1.54) is 35.7 Å². The van der Waals surface area contributed by atoms with E-state index in [1.54, 1.807) is 6.20 Å². The molecule has 0 amide bonds. The van der Waals surface area contributed by atoms with Gasteiger partial charge in [-0.25, -0.2) is 0 Å². The van der Waals surface area contributed by atoms with Crippen molar-refractivity contribution in [3.63, 3.8) is 0 Å². The molecular weight excluding hydrogens is 450 g/mol. The molecule has 1 fully saturated rings. The van der Waals surface area contributed by atoms with Crippen LogP contribution in [0.15, 0.2) is 66.9 Å². The summed E-state index contributed by atoms with van der Waals surface area (Å²) in [4.78, 5) is 20.0. The van der Waals surface area contributed by atoms with Crippen molar-refractivity contribution >= 4 is 34.8 Å². The van der Waals surface area contributed by atoms with Crippen LogP contribution in [0.3, 0.4) is 0 Å². The molecule has 3 aromatic rings. The summed E-state index contributed by atoms with van der Waals surface area (Å²) in [6, 6.07) is 20.2. The lowest BCUT2D eigenvalue weighted by Crippen LogP contribution is -2.31. The van der Waals surface area contributed by atoms with Crippen molar-refractivity contribution in [1.82, 2.24) is 9.88 Å². The molecule has 2 heterocycles. The number of carbonyl (C=O) groups excluding carboxylic acids is 1. The number of rotatable bonds is 9. The Morgan fingerprint density at radius 1 is 1.06 bits per heavy atom. The number of hydrogen-bond donors (Lipinski definition) is 1. The molecule has 0 radical (unpaired) electrons. The van der Waals surface area contributed by atoms with Crippen LogP contribution in [0.5, 0.6) is 0 Å². The summed E-state index contributed by atoms with van der Waals surface area (Å²) < 4.78 is 0. The van der Waals surface area contributed by atoms with E-state index in [9.17, 15) is 4.79 Å². The highest BCUT2D eigenvalue weighted by molar-refractivity contribution is 7.99. The number of hydrogen-bond acceptors (Lipinski definition) is 5. The molecule has 1 aliphatic heterocycles. The van der Waals surface area contributed by atoms with Crippen molar-refractivity contribution < 1.29 is 4.79 Å². The van der Waals surface area contributed by atoms with E-state index >= 15 is 0 Å². The number of para-hydroxylation sites is 1. The van der Waals surface area contributed by atoms with Gasteiger partial charge in [0.2, 0.25) is 0 Å². The van der Waals surface area contributed by atoms with Crippen LogP contribution in [0.4, 0.5) is 5.69 Å². The molecule has 1 aliphatic rings. The van der Waals surface area contributed by atoms with Crippen molar-refractivity contribution in [3.05, 3.63) is 94.3 Å². The van der Waals surface area contributed by atoms with Crippen molar-refractivity contribution in [2.45, 2.75) is 26.4 Å². The minimum absolute atomic E-state index is 0.116. The third-order valence-corrected chi connectivity index (χ3v) is 7.13. The zero-order valence-corrected chi connectivity index (χ0v) is 20.5. The van der Waals surface area contributed by atoms with Gasteiger partial charge in [0.15, 0.2) is 5.78 Å². The molecule has 4 rings (SSSR count). The van der Waals surface area contributed by atoms with Gasteiger partial charge < -0.3 is 5.32 Å². The van der Waals surface area contributed by atoms with E-state index < -0.39 is 0 Å². The summed E-state index contributed by atoms with van der Waals surface area (Å²) >= 11 is 7.96. The largest absolute Gasteiger partial charge is 0.380 e. The standard InChI is InChI=1S/C27H30ClN3OS/c1-20(16-24-11-10-23(28)18-29-24)27(32)25-4-2-3-5-26(25)30-17-21-6-8-22(9-7-21)19-31-12-14-33-15-13-31/h2-11,18,20,30H,12-17,19H2,1H3. The van der Waals surface area contributed by atoms with Crippen LogP contribution < -0.4 is 5.32 Å². The van der Waals surface area contributed by atoms with Crippen molar-refractivity contribution in [1.29, 1.82) is 0 Å². The number of ketones is 1. The lowest BCUT2D eigenvalue weighted by Gasteiger charge is -2.26. The second-order valence-electron chi connectivity index (χ2n) is 8.54. The van der Waals surface area contributed by atoms with Gasteiger partial charge >= 0.3 is 0 Å². The smallest absolute Gasteiger partial charge is 0.168 e. The van der Waals surface area contributed by atoms with Crippen molar-refractivity contribution in [3.8, 4) is 0 Å². The molecule has 0 saturated carbocycles. The third kappa shape index (κ3) is 6.83. The normalized spacial score (nSPS) is 15.2. The molecule has 0 aliphatic carbocycles. The first kappa shape index (κ1) is 23.8. The summed E-state index contributed by atoms with van der Waals surface area (Å²) in [7, 11) is 0. The van der Waals surface area contributed by atoms with Gasteiger partial charge in [-0.2, -0.15) is 11.8 Å². The number of aromatic nitrogens is 1. The number of halogens is 1. The first-order valence-corrected chi connectivity index (χ1v) is 13.0. The summed E-state index contributed by atoms with van der Waals surface area (Å²) in [5.74, 6) is 2.41. The van der Waals surface area contributed by atoms with E-state index in [0.29, 0.717) is 18.0 Å². The maximum atomic E-state index is 13.2. The van der Waals surface area contributed by atoms with Gasteiger partial charge in [-0.05, 0) is 41.8 Å². The maximum absolute atomic E-state index is 13.2. The van der Waals surface area contributed by atoms with Crippen LogP contribution in [0.1, 0.15) is 34.1 Å². The molecule has 1 unspecified atom stereocenters. The first-order valence-electron chi connectivity index (χ1n) is 11.4. The van der Waals surface area contributed by atoms with E-state index in [0.717, 1.165) is 23.5 Å². The molecule has 4 nitrogen and oxygen atoms in total. The van der Waals surface area contributed by atoms with Crippen molar-refractivity contribution in [2.75, 3.05) is 29.9 Å². The van der Waals surface area contributed by atoms with E-state index in [-0.39, 0.29) is 11.7 Å². The second-order valence-corrected chi connectivity index (χ2v) is 10.2.